The van der Waals surface area contributed by atoms with E-state index in [4.69, 9.17) is 4.74 Å². The molecule has 0 spiro atoms. The highest BCUT2D eigenvalue weighted by Gasteiger charge is 2.22. The van der Waals surface area contributed by atoms with E-state index in [0.29, 0.717) is 0 Å². The molecule has 19 heavy (non-hydrogen) atoms. The number of hydrogen-bond acceptors (Lipinski definition) is 3. The van der Waals surface area contributed by atoms with E-state index in [9.17, 15) is 4.79 Å². The number of hydrazine groups is 1. The quantitative estimate of drug-likeness (QED) is 0.848. The van der Waals surface area contributed by atoms with Crippen LogP contribution in [0.3, 0.4) is 0 Å². The molecule has 4 heteroatoms. The van der Waals surface area contributed by atoms with E-state index in [-0.39, 0.29) is 12.1 Å². The van der Waals surface area contributed by atoms with Crippen LogP contribution in [0.5, 0.6) is 0 Å². The van der Waals surface area contributed by atoms with E-state index < -0.39 is 0 Å². The highest BCUT2D eigenvalue weighted by molar-refractivity contribution is 5.95. The van der Waals surface area contributed by atoms with E-state index in [2.05, 4.69) is 5.43 Å². The molecule has 1 aliphatic heterocycles. The molecule has 1 atom stereocenters. The van der Waals surface area contributed by atoms with Gasteiger partial charge < -0.3 is 4.74 Å². The Morgan fingerprint density at radius 2 is 2.21 bits per heavy atom. The van der Waals surface area contributed by atoms with Gasteiger partial charge in [0.25, 0.3) is 5.91 Å². The highest BCUT2D eigenvalue weighted by Crippen LogP contribution is 2.15. The Labute approximate surface area is 114 Å². The average molecular weight is 262 g/mol. The van der Waals surface area contributed by atoms with Crippen molar-refractivity contribution < 1.29 is 9.53 Å². The maximum Gasteiger partial charge on any atom is 0.265 e. The van der Waals surface area contributed by atoms with Crippen LogP contribution in [-0.2, 0) is 4.74 Å². The Kier molecular flexibility index (Phi) is 4.93. The van der Waals surface area contributed by atoms with Gasteiger partial charge in [0.15, 0.2) is 0 Å². The van der Waals surface area contributed by atoms with Crippen LogP contribution >= 0.6 is 0 Å². The van der Waals surface area contributed by atoms with Crippen molar-refractivity contribution in [2.24, 2.45) is 0 Å². The highest BCUT2D eigenvalue weighted by atomic mass is 16.5. The number of nitrogens with zero attached hydrogens (tertiary/aromatic N) is 1. The third-order valence-corrected chi connectivity index (χ3v) is 3.48. The lowest BCUT2D eigenvalue weighted by atomic mass is 10.1. The van der Waals surface area contributed by atoms with E-state index in [1.807, 2.05) is 43.1 Å². The first kappa shape index (κ1) is 14.0. The van der Waals surface area contributed by atoms with Crippen LogP contribution in [0.25, 0.3) is 0 Å². The lowest BCUT2D eigenvalue weighted by Gasteiger charge is -2.33. The van der Waals surface area contributed by atoms with E-state index in [1.165, 1.54) is 0 Å². The third-order valence-electron chi connectivity index (χ3n) is 3.48. The molecule has 1 aromatic carbocycles. The van der Waals surface area contributed by atoms with Gasteiger partial charge in [0.1, 0.15) is 6.23 Å². The smallest absolute Gasteiger partial charge is 0.265 e. The number of ether oxygens (including phenoxy) is 1. The van der Waals surface area contributed by atoms with Crippen molar-refractivity contribution in [1.29, 1.82) is 0 Å². The summed E-state index contributed by atoms with van der Waals surface area (Å²) in [5, 5.41) is 1.90. The molecule has 0 radical (unpaired) electrons. The number of rotatable bonds is 4. The Balaban J connectivity index is 2.01. The number of amides is 1. The molecule has 1 heterocycles. The monoisotopic (exact) mass is 262 g/mol. The minimum absolute atomic E-state index is 0.00622. The standard InChI is InChI=1S/C15H22N2O2/c1-3-17(14-10-6-7-11-19-14)16-15(18)13-9-5-4-8-12(13)2/h4-5,8-9,14H,3,6-7,10-11H2,1-2H3,(H,16,18). The molecule has 1 unspecified atom stereocenters. The lowest BCUT2D eigenvalue weighted by Crippen LogP contribution is -2.50. The van der Waals surface area contributed by atoms with Crippen LogP contribution in [0.15, 0.2) is 24.3 Å². The predicted octanol–water partition coefficient (Wildman–Crippen LogP) is 2.49. The average Bonchev–Trinajstić information content (AvgIpc) is 2.46. The first-order chi connectivity index (χ1) is 9.22. The summed E-state index contributed by atoms with van der Waals surface area (Å²) < 4.78 is 5.71. The molecule has 0 bridgehead atoms. The Morgan fingerprint density at radius 1 is 1.42 bits per heavy atom. The number of benzene rings is 1. The zero-order valence-corrected chi connectivity index (χ0v) is 11.7. The molecular formula is C15H22N2O2. The molecule has 1 saturated heterocycles. The van der Waals surface area contributed by atoms with Gasteiger partial charge in [-0.15, -0.1) is 0 Å². The van der Waals surface area contributed by atoms with E-state index >= 15 is 0 Å². The molecule has 4 nitrogen and oxygen atoms in total. The maximum atomic E-state index is 12.3. The molecule has 1 aromatic rings. The molecule has 1 fully saturated rings. The second-order valence-electron chi connectivity index (χ2n) is 4.86. The molecule has 0 aromatic heterocycles. The van der Waals surface area contributed by atoms with Gasteiger partial charge >= 0.3 is 0 Å². The van der Waals surface area contributed by atoms with Crippen molar-refractivity contribution in [2.45, 2.75) is 39.3 Å². The first-order valence-corrected chi connectivity index (χ1v) is 6.97. The van der Waals surface area contributed by atoms with Crippen molar-refractivity contribution >= 4 is 5.91 Å². The Hall–Kier alpha value is -1.39. The lowest BCUT2D eigenvalue weighted by molar-refractivity contribution is -0.100. The van der Waals surface area contributed by atoms with Gasteiger partial charge in [-0.2, -0.15) is 5.01 Å². The minimum atomic E-state index is -0.0610. The summed E-state index contributed by atoms with van der Waals surface area (Å²) >= 11 is 0. The number of hydrogen-bond donors (Lipinski definition) is 1. The predicted molar refractivity (Wildman–Crippen MR) is 74.6 cm³/mol. The maximum absolute atomic E-state index is 12.3. The molecule has 2 rings (SSSR count). The number of carbonyl (C=O) groups is 1. The largest absolute Gasteiger partial charge is 0.361 e. The summed E-state index contributed by atoms with van der Waals surface area (Å²) in [6.07, 6.45) is 3.25. The van der Waals surface area contributed by atoms with Gasteiger partial charge in [-0.3, -0.25) is 10.2 Å². The number of carbonyl (C=O) groups excluding carboxylic acids is 1. The second-order valence-corrected chi connectivity index (χ2v) is 4.86. The van der Waals surface area contributed by atoms with Crippen LogP contribution in [0.1, 0.15) is 42.1 Å². The second kappa shape index (κ2) is 6.68. The van der Waals surface area contributed by atoms with Gasteiger partial charge in [-0.05, 0) is 37.8 Å². The molecule has 1 aliphatic rings. The van der Waals surface area contributed by atoms with Gasteiger partial charge in [0.2, 0.25) is 0 Å². The van der Waals surface area contributed by atoms with Gasteiger partial charge in [-0.1, -0.05) is 25.1 Å². The van der Waals surface area contributed by atoms with Crippen LogP contribution in [0, 0.1) is 6.92 Å². The molecule has 1 N–H and O–H groups in total. The SMILES string of the molecule is CCN(NC(=O)c1ccccc1C)C1CCCCO1. The Morgan fingerprint density at radius 3 is 2.84 bits per heavy atom. The van der Waals surface area contributed by atoms with Crippen molar-refractivity contribution in [3.05, 3.63) is 35.4 Å². The normalized spacial score (nSPS) is 19.4. The third kappa shape index (κ3) is 3.55. The fourth-order valence-electron chi connectivity index (χ4n) is 2.34. The fourth-order valence-corrected chi connectivity index (χ4v) is 2.34. The molecule has 0 saturated carbocycles. The van der Waals surface area contributed by atoms with E-state index in [1.54, 1.807) is 0 Å². The van der Waals surface area contributed by atoms with Crippen molar-refractivity contribution in [3.63, 3.8) is 0 Å². The molecular weight excluding hydrogens is 240 g/mol. The number of aryl methyl sites for hydroxylation is 1. The van der Waals surface area contributed by atoms with E-state index in [0.717, 1.165) is 43.5 Å². The van der Waals surface area contributed by atoms with Crippen molar-refractivity contribution in [2.75, 3.05) is 13.2 Å². The number of nitrogens with one attached hydrogen (secondary N) is 1. The molecule has 0 aliphatic carbocycles. The summed E-state index contributed by atoms with van der Waals surface area (Å²) in [6, 6.07) is 7.62. The van der Waals surface area contributed by atoms with Crippen LogP contribution in [0.4, 0.5) is 0 Å². The summed E-state index contributed by atoms with van der Waals surface area (Å²) in [7, 11) is 0. The van der Waals surface area contributed by atoms with Crippen LogP contribution < -0.4 is 5.43 Å². The summed E-state index contributed by atoms with van der Waals surface area (Å²) in [5.74, 6) is -0.0610. The zero-order chi connectivity index (χ0) is 13.7. The van der Waals surface area contributed by atoms with Crippen molar-refractivity contribution in [1.82, 2.24) is 10.4 Å². The van der Waals surface area contributed by atoms with Crippen LogP contribution in [0.2, 0.25) is 0 Å². The van der Waals surface area contributed by atoms with Gasteiger partial charge in [0, 0.05) is 18.7 Å². The fraction of sp³-hybridized carbons (Fsp3) is 0.533. The van der Waals surface area contributed by atoms with Crippen LogP contribution in [-0.4, -0.2) is 30.3 Å². The summed E-state index contributed by atoms with van der Waals surface area (Å²) in [4.78, 5) is 12.3. The summed E-state index contributed by atoms with van der Waals surface area (Å²) in [5.41, 5.74) is 4.67. The topological polar surface area (TPSA) is 41.6 Å². The molecule has 104 valence electrons. The first-order valence-electron chi connectivity index (χ1n) is 6.97. The van der Waals surface area contributed by atoms with Crippen molar-refractivity contribution in [3.8, 4) is 0 Å². The van der Waals surface area contributed by atoms with Gasteiger partial charge in [-0.25, -0.2) is 0 Å². The summed E-state index contributed by atoms with van der Waals surface area (Å²) in [6.45, 7) is 5.49. The Bertz CT molecular complexity index is 428. The minimum Gasteiger partial charge on any atom is -0.361 e. The van der Waals surface area contributed by atoms with Gasteiger partial charge in [0.05, 0.1) is 0 Å². The molecule has 1 amide bonds. The zero-order valence-electron chi connectivity index (χ0n) is 11.7.